The van der Waals surface area contributed by atoms with E-state index in [1.807, 2.05) is 30.3 Å². The highest BCUT2D eigenvalue weighted by Crippen LogP contribution is 2.11. The van der Waals surface area contributed by atoms with Crippen LogP contribution in [0.2, 0.25) is 0 Å². The lowest BCUT2D eigenvalue weighted by atomic mass is 9.99. The monoisotopic (exact) mass is 433 g/mol. The predicted molar refractivity (Wildman–Crippen MR) is 117 cm³/mol. The molecule has 0 aliphatic carbocycles. The van der Waals surface area contributed by atoms with E-state index in [0.29, 0.717) is 6.42 Å². The molecule has 1 amide bonds. The summed E-state index contributed by atoms with van der Waals surface area (Å²) in [5, 5.41) is 2.60. The molecule has 0 saturated heterocycles. The Morgan fingerprint density at radius 3 is 2.35 bits per heavy atom. The summed E-state index contributed by atoms with van der Waals surface area (Å²) in [4.78, 5) is 48.6. The Morgan fingerprint density at radius 2 is 1.71 bits per heavy atom. The number of carbonyl (C=O) groups excluding carboxylic acids is 4. The summed E-state index contributed by atoms with van der Waals surface area (Å²) >= 11 is 0. The van der Waals surface area contributed by atoms with E-state index in [1.54, 1.807) is 6.92 Å². The third-order valence-electron chi connectivity index (χ3n) is 4.97. The Kier molecular flexibility index (Phi) is 12.9. The summed E-state index contributed by atoms with van der Waals surface area (Å²) in [7, 11) is 1.22. The zero-order valence-electron chi connectivity index (χ0n) is 18.9. The first-order valence-electron chi connectivity index (χ1n) is 11.0. The van der Waals surface area contributed by atoms with Crippen LogP contribution >= 0.6 is 0 Å². The first-order valence-corrected chi connectivity index (χ1v) is 11.0. The van der Waals surface area contributed by atoms with Gasteiger partial charge < -0.3 is 14.8 Å². The van der Waals surface area contributed by atoms with E-state index in [4.69, 9.17) is 9.47 Å². The third-order valence-corrected chi connectivity index (χ3v) is 4.97. The fourth-order valence-corrected chi connectivity index (χ4v) is 3.06. The van der Waals surface area contributed by atoms with Crippen molar-refractivity contribution in [3.63, 3.8) is 0 Å². The Balaban J connectivity index is 2.45. The van der Waals surface area contributed by atoms with Crippen LogP contribution < -0.4 is 5.32 Å². The van der Waals surface area contributed by atoms with Gasteiger partial charge in [-0.1, -0.05) is 63.4 Å². The minimum absolute atomic E-state index is 0.0397. The van der Waals surface area contributed by atoms with Crippen LogP contribution in [-0.4, -0.2) is 36.8 Å². The molecule has 1 N–H and O–H groups in total. The molecule has 1 aromatic carbocycles. The Bertz CT molecular complexity index is 703. The lowest BCUT2D eigenvalue weighted by Gasteiger charge is -2.19. The number of rotatable bonds is 15. The molecule has 0 aromatic heterocycles. The zero-order chi connectivity index (χ0) is 23.1. The van der Waals surface area contributed by atoms with Crippen LogP contribution in [0.4, 0.5) is 0 Å². The average Bonchev–Trinajstić information content (AvgIpc) is 2.77. The van der Waals surface area contributed by atoms with Crippen LogP contribution in [0.1, 0.15) is 70.8 Å². The minimum Gasteiger partial charge on any atom is -0.467 e. The first-order chi connectivity index (χ1) is 14.9. The van der Waals surface area contributed by atoms with Crippen molar-refractivity contribution >= 4 is 23.6 Å². The Hall–Kier alpha value is -2.70. The van der Waals surface area contributed by atoms with Gasteiger partial charge in [-0.05, 0) is 18.4 Å². The maximum atomic E-state index is 12.5. The molecular weight excluding hydrogens is 398 g/mol. The molecule has 0 unspecified atom stereocenters. The van der Waals surface area contributed by atoms with Crippen molar-refractivity contribution < 1.29 is 28.7 Å². The second-order valence-electron chi connectivity index (χ2n) is 7.72. The van der Waals surface area contributed by atoms with Crippen LogP contribution in [0.5, 0.6) is 0 Å². The van der Waals surface area contributed by atoms with Crippen LogP contribution in [0, 0.1) is 5.92 Å². The average molecular weight is 434 g/mol. The molecule has 7 heteroatoms. The highest BCUT2D eigenvalue weighted by atomic mass is 16.5. The highest BCUT2D eigenvalue weighted by molar-refractivity contribution is 5.89. The number of ether oxygens (including phenoxy) is 2. The van der Waals surface area contributed by atoms with Gasteiger partial charge in [-0.3, -0.25) is 14.4 Å². The van der Waals surface area contributed by atoms with Crippen LogP contribution in [0.15, 0.2) is 30.3 Å². The van der Waals surface area contributed by atoms with Gasteiger partial charge in [-0.2, -0.15) is 0 Å². The lowest BCUT2D eigenvalue weighted by Crippen LogP contribution is -2.44. The van der Waals surface area contributed by atoms with Gasteiger partial charge in [0.25, 0.3) is 0 Å². The van der Waals surface area contributed by atoms with E-state index in [0.717, 1.165) is 31.2 Å². The molecule has 0 aliphatic rings. The summed E-state index contributed by atoms with van der Waals surface area (Å²) in [6, 6.07) is 8.29. The quantitative estimate of drug-likeness (QED) is 0.334. The maximum Gasteiger partial charge on any atom is 0.328 e. The van der Waals surface area contributed by atoms with E-state index in [9.17, 15) is 19.2 Å². The second kappa shape index (κ2) is 15.2. The van der Waals surface area contributed by atoms with Gasteiger partial charge in [0.05, 0.1) is 7.11 Å². The van der Waals surface area contributed by atoms with Gasteiger partial charge in [-0.25, -0.2) is 4.79 Å². The molecule has 0 aliphatic heterocycles. The number of hydrogen-bond acceptors (Lipinski definition) is 6. The normalized spacial score (nSPS) is 12.5. The standard InChI is InChI=1S/C24H35NO6/c1-4-5-6-10-13-20(26)16-18(2)23(28)25-21(24(29)30-3)14-15-22(27)31-17-19-11-8-7-9-12-19/h7-9,11-12,18,21H,4-6,10,13-17H2,1-3H3,(H,25,28)/t18-,21-/m1/s1. The summed E-state index contributed by atoms with van der Waals surface area (Å²) in [5.41, 5.74) is 0.863. The van der Waals surface area contributed by atoms with Crippen molar-refractivity contribution in [3.8, 4) is 0 Å². The molecule has 0 saturated carbocycles. The summed E-state index contributed by atoms with van der Waals surface area (Å²) in [6.07, 6.45) is 4.64. The van der Waals surface area contributed by atoms with Crippen molar-refractivity contribution in [2.24, 2.45) is 5.92 Å². The van der Waals surface area contributed by atoms with Crippen molar-refractivity contribution in [2.45, 2.75) is 77.9 Å². The number of esters is 2. The number of benzene rings is 1. The van der Waals surface area contributed by atoms with Crippen LogP contribution in [-0.2, 0) is 35.3 Å². The van der Waals surface area contributed by atoms with Crippen molar-refractivity contribution in [1.82, 2.24) is 5.32 Å². The number of Topliss-reactive ketones (excluding diaryl/α,β-unsaturated/α-hetero) is 1. The second-order valence-corrected chi connectivity index (χ2v) is 7.72. The molecule has 1 aromatic rings. The number of ketones is 1. The number of unbranched alkanes of at least 4 members (excludes halogenated alkanes) is 3. The molecule has 0 bridgehead atoms. The van der Waals surface area contributed by atoms with Gasteiger partial charge in [0.1, 0.15) is 18.4 Å². The fourth-order valence-electron chi connectivity index (χ4n) is 3.06. The minimum atomic E-state index is -0.969. The zero-order valence-corrected chi connectivity index (χ0v) is 18.9. The predicted octanol–water partition coefficient (Wildman–Crippen LogP) is 3.73. The topological polar surface area (TPSA) is 98.8 Å². The number of nitrogens with one attached hydrogen (secondary N) is 1. The number of hydrogen-bond donors (Lipinski definition) is 1. The SMILES string of the molecule is CCCCCCC(=O)C[C@@H](C)C(=O)N[C@H](CCC(=O)OCc1ccccc1)C(=O)OC. The summed E-state index contributed by atoms with van der Waals surface area (Å²) < 4.78 is 9.94. The number of carbonyl (C=O) groups is 4. The van der Waals surface area contributed by atoms with E-state index in [2.05, 4.69) is 12.2 Å². The molecule has 1 rings (SSSR count). The molecule has 2 atom stereocenters. The molecule has 31 heavy (non-hydrogen) atoms. The van der Waals surface area contributed by atoms with E-state index < -0.39 is 29.8 Å². The molecule has 0 heterocycles. The summed E-state index contributed by atoms with van der Waals surface area (Å²) in [6.45, 7) is 3.91. The van der Waals surface area contributed by atoms with Gasteiger partial charge in [-0.15, -0.1) is 0 Å². The van der Waals surface area contributed by atoms with Gasteiger partial charge in [0, 0.05) is 25.2 Å². The molecular formula is C24H35NO6. The molecule has 7 nitrogen and oxygen atoms in total. The van der Waals surface area contributed by atoms with Crippen molar-refractivity contribution in [1.29, 1.82) is 0 Å². The van der Waals surface area contributed by atoms with Gasteiger partial charge in [0.2, 0.25) is 5.91 Å². The first kappa shape index (κ1) is 26.3. The van der Waals surface area contributed by atoms with Gasteiger partial charge >= 0.3 is 11.9 Å². The molecule has 172 valence electrons. The number of amides is 1. The van der Waals surface area contributed by atoms with E-state index in [1.165, 1.54) is 7.11 Å². The Labute approximate surface area is 184 Å². The van der Waals surface area contributed by atoms with Crippen molar-refractivity contribution in [2.75, 3.05) is 7.11 Å². The fraction of sp³-hybridized carbons (Fsp3) is 0.583. The van der Waals surface area contributed by atoms with Gasteiger partial charge in [0.15, 0.2) is 0 Å². The maximum absolute atomic E-state index is 12.5. The lowest BCUT2D eigenvalue weighted by molar-refractivity contribution is -0.148. The molecule has 0 spiro atoms. The molecule has 0 radical (unpaired) electrons. The smallest absolute Gasteiger partial charge is 0.328 e. The third kappa shape index (κ3) is 11.3. The summed E-state index contributed by atoms with van der Waals surface area (Å²) in [5.74, 6) is -2.03. The van der Waals surface area contributed by atoms with Crippen LogP contribution in [0.25, 0.3) is 0 Å². The largest absolute Gasteiger partial charge is 0.467 e. The van der Waals surface area contributed by atoms with E-state index in [-0.39, 0.29) is 31.7 Å². The van der Waals surface area contributed by atoms with Crippen LogP contribution in [0.3, 0.4) is 0 Å². The van der Waals surface area contributed by atoms with Crippen molar-refractivity contribution in [3.05, 3.63) is 35.9 Å². The Morgan fingerprint density at radius 1 is 1.00 bits per heavy atom. The number of methoxy groups -OCH3 is 1. The van der Waals surface area contributed by atoms with E-state index >= 15 is 0 Å². The molecule has 0 fully saturated rings. The highest BCUT2D eigenvalue weighted by Gasteiger charge is 2.26.